The fourth-order valence-electron chi connectivity index (χ4n) is 12.3. The maximum atomic E-state index is 16.7. The number of azide groups is 1. The minimum atomic E-state index is -2.99. The summed E-state index contributed by atoms with van der Waals surface area (Å²) in [5.41, 5.74) is 2.44. The van der Waals surface area contributed by atoms with Crippen LogP contribution in [0.1, 0.15) is 121 Å². The van der Waals surface area contributed by atoms with Crippen molar-refractivity contribution in [2.75, 3.05) is 13.7 Å². The first-order chi connectivity index (χ1) is 37.5. The van der Waals surface area contributed by atoms with Crippen LogP contribution in [0.15, 0.2) is 101 Å². The van der Waals surface area contributed by atoms with Crippen LogP contribution in [0.2, 0.25) is 36.3 Å². The van der Waals surface area contributed by atoms with Gasteiger partial charge in [0.15, 0.2) is 40.2 Å². The van der Waals surface area contributed by atoms with Crippen molar-refractivity contribution in [3.05, 3.63) is 123 Å². The van der Waals surface area contributed by atoms with Gasteiger partial charge in [0.05, 0.1) is 42.8 Å². The molecule has 21 heteroatoms. The zero-order valence-corrected chi connectivity index (χ0v) is 50.4. The third kappa shape index (κ3) is 11.1. The Hall–Kier alpha value is -6.20. The van der Waals surface area contributed by atoms with Crippen LogP contribution in [-0.2, 0) is 51.7 Å². The monoisotopic (exact) mass is 1140 g/mol. The fourth-order valence-corrected chi connectivity index (χ4v) is 16.5. The molecule has 1 unspecified atom stereocenters. The number of Topliss-reactive ketones (excluding diaryl/α,β-unsaturated/α-hetero) is 1. The van der Waals surface area contributed by atoms with Crippen molar-refractivity contribution in [3.8, 4) is 0 Å². The number of amides is 1. The van der Waals surface area contributed by atoms with Crippen molar-refractivity contribution < 1.29 is 71.1 Å². The molecule has 1 saturated heterocycles. The first-order valence-electron chi connectivity index (χ1n) is 27.4. The van der Waals surface area contributed by atoms with E-state index in [0.29, 0.717) is 29.3 Å². The van der Waals surface area contributed by atoms with Gasteiger partial charge < -0.3 is 47.7 Å². The number of fused-ring (bicyclic) bond motifs is 5. The molecule has 0 aromatic heterocycles. The molecule has 3 aliphatic carbocycles. The number of aliphatic hydroxyl groups is 1. The van der Waals surface area contributed by atoms with Gasteiger partial charge in [-0.05, 0) is 96.6 Å². The van der Waals surface area contributed by atoms with E-state index in [9.17, 15) is 25.0 Å². The molecule has 0 radical (unpaired) electrons. The highest BCUT2D eigenvalue weighted by Crippen LogP contribution is 2.65. The number of methoxy groups -OCH3 is 1. The van der Waals surface area contributed by atoms with E-state index in [-0.39, 0.29) is 35.4 Å². The Labute approximate surface area is 470 Å². The molecule has 432 valence electrons. The van der Waals surface area contributed by atoms with Crippen LogP contribution in [0.5, 0.6) is 0 Å². The lowest BCUT2D eigenvalue weighted by molar-refractivity contribution is -0.343. The average molecular weight is 1140 g/mol. The molecule has 4 aliphatic rings. The SMILES string of the molecule is CC[Si](CC)(CC)O[C@H]1C[C@H]2OC[C@@]2(OC(=O)OC)C2[C@H](OC(=O)c3cccc(N=[N+]=[N-])c3)[C@]3(O)C[C@H](OC(=O)[C@H](O[Si](C)(C)C(C)(C)C)[C@@H](NC(=O)c4ccccc4)c4ccccc4)C(C)=C([C@@H](OC(C)=O)C(=O)[C@@]21C)C3(C)C. The predicted octanol–water partition coefficient (Wildman–Crippen LogP) is 11.0. The van der Waals surface area contributed by atoms with E-state index in [2.05, 4.69) is 15.3 Å². The third-order valence-electron chi connectivity index (χ3n) is 18.3. The van der Waals surface area contributed by atoms with Crippen LogP contribution in [0.25, 0.3) is 10.4 Å². The minimum Gasteiger partial charge on any atom is -0.456 e. The Kier molecular flexibility index (Phi) is 17.9. The van der Waals surface area contributed by atoms with E-state index in [4.69, 9.17) is 37.3 Å². The molecule has 80 heavy (non-hydrogen) atoms. The molecule has 11 atom stereocenters. The van der Waals surface area contributed by atoms with Crippen molar-refractivity contribution in [1.29, 1.82) is 0 Å². The summed E-state index contributed by atoms with van der Waals surface area (Å²) in [7, 11) is -4.61. The highest BCUT2D eigenvalue weighted by atomic mass is 28.4. The number of benzene rings is 3. The van der Waals surface area contributed by atoms with Crippen LogP contribution in [0.4, 0.5) is 10.5 Å². The lowest BCUT2D eigenvalue weighted by Crippen LogP contribution is -2.82. The van der Waals surface area contributed by atoms with Crippen LogP contribution < -0.4 is 5.32 Å². The summed E-state index contributed by atoms with van der Waals surface area (Å²) < 4.78 is 52.0. The Morgan fingerprint density at radius 1 is 0.900 bits per heavy atom. The topological polar surface area (TPSA) is 257 Å². The van der Waals surface area contributed by atoms with E-state index >= 15 is 14.4 Å². The summed E-state index contributed by atoms with van der Waals surface area (Å²) in [6.45, 7) is 23.3. The zero-order valence-electron chi connectivity index (χ0n) is 48.4. The molecule has 2 bridgehead atoms. The van der Waals surface area contributed by atoms with Crippen molar-refractivity contribution >= 4 is 58.1 Å². The Morgan fingerprint density at radius 2 is 1.51 bits per heavy atom. The van der Waals surface area contributed by atoms with E-state index in [1.165, 1.54) is 24.3 Å². The number of carbonyl (C=O) groups excluding carboxylic acids is 6. The standard InChI is InChI=1S/C59H78N4O15Si2/c1-15-80(16-2,17-3)77-42-32-43-58(34-72-43,76-54(69)71-12)48-50(75-52(67)39-29-24-30-40(31-39)62-63-60)59(70)33-41(35(4)44(56(59,9)10)46(73-36(5)64)49(65)57(42,48)11)74-53(68)47(78-79(13,14)55(6,7)8)45(37-25-20-18-21-26-37)61-51(66)38-27-22-19-23-28-38/h18-31,41-43,45-48,50,70H,15-17,32-34H2,1-14H3,(H,61,66)/t41-,42-,43+,45-,46+,47+,48?,50-,57+,58-,59+/m0/s1. The minimum absolute atomic E-state index is 0.00868. The molecule has 1 heterocycles. The van der Waals surface area contributed by atoms with Gasteiger partial charge in [-0.3, -0.25) is 14.4 Å². The van der Waals surface area contributed by atoms with Crippen molar-refractivity contribution in [2.45, 2.75) is 179 Å². The maximum Gasteiger partial charge on any atom is 0.508 e. The fraction of sp³-hybridized carbons (Fsp3) is 0.559. The Balaban J connectivity index is 1.51. The molecule has 3 aromatic rings. The molecule has 1 aliphatic heterocycles. The number of hydrogen-bond acceptors (Lipinski definition) is 16. The van der Waals surface area contributed by atoms with Crippen LogP contribution in [0, 0.1) is 16.7 Å². The molecule has 7 rings (SSSR count). The van der Waals surface area contributed by atoms with Gasteiger partial charge in [-0.2, -0.15) is 0 Å². The smallest absolute Gasteiger partial charge is 0.456 e. The number of rotatable bonds is 18. The normalized spacial score (nSPS) is 27.9. The average Bonchev–Trinajstić information content (AvgIpc) is 3.56. The molecular formula is C59H78N4O15Si2. The van der Waals surface area contributed by atoms with Crippen molar-refractivity contribution in [3.63, 3.8) is 0 Å². The van der Waals surface area contributed by atoms with Crippen LogP contribution in [0.3, 0.4) is 0 Å². The van der Waals surface area contributed by atoms with E-state index < -0.39 is 134 Å². The lowest BCUT2D eigenvalue weighted by Gasteiger charge is -2.68. The summed E-state index contributed by atoms with van der Waals surface area (Å²) in [4.78, 5) is 92.2. The second kappa shape index (κ2) is 23.3. The van der Waals surface area contributed by atoms with Gasteiger partial charge >= 0.3 is 24.1 Å². The Bertz CT molecular complexity index is 2910. The second-order valence-corrected chi connectivity index (χ2v) is 33.4. The molecular weight excluding hydrogens is 1060 g/mol. The molecule has 0 spiro atoms. The molecule has 1 amide bonds. The quantitative estimate of drug-likeness (QED) is 0.0228. The van der Waals surface area contributed by atoms with E-state index in [1.807, 2.05) is 54.6 Å². The van der Waals surface area contributed by atoms with Gasteiger partial charge in [-0.1, -0.05) is 121 Å². The van der Waals surface area contributed by atoms with E-state index in [0.717, 1.165) is 14.0 Å². The van der Waals surface area contributed by atoms with Crippen LogP contribution in [-0.4, -0.2) is 119 Å². The molecule has 19 nitrogen and oxygen atoms in total. The molecule has 3 fully saturated rings. The first kappa shape index (κ1) is 61.4. The largest absolute Gasteiger partial charge is 0.508 e. The summed E-state index contributed by atoms with van der Waals surface area (Å²) in [5.74, 6) is -5.64. The number of esters is 3. The molecule has 2 N–H and O–H groups in total. The summed E-state index contributed by atoms with van der Waals surface area (Å²) >= 11 is 0. The number of nitrogens with one attached hydrogen (secondary N) is 1. The number of hydrogen-bond donors (Lipinski definition) is 2. The highest BCUT2D eigenvalue weighted by molar-refractivity contribution is 6.74. The van der Waals surface area contributed by atoms with Gasteiger partial charge in [0.25, 0.3) is 5.91 Å². The summed E-state index contributed by atoms with van der Waals surface area (Å²) in [5, 5.41) is 20.8. The van der Waals surface area contributed by atoms with Gasteiger partial charge in [0.1, 0.15) is 23.9 Å². The van der Waals surface area contributed by atoms with E-state index in [1.54, 1.807) is 88.4 Å². The number of ketones is 1. The first-order valence-corrected chi connectivity index (χ1v) is 32.9. The van der Waals surface area contributed by atoms with Crippen molar-refractivity contribution in [1.82, 2.24) is 5.32 Å². The molecule has 2 saturated carbocycles. The summed E-state index contributed by atoms with van der Waals surface area (Å²) in [6, 6.07) is 23.8. The van der Waals surface area contributed by atoms with Gasteiger partial charge in [-0.15, -0.1) is 0 Å². The second-order valence-electron chi connectivity index (χ2n) is 23.9. The summed E-state index contributed by atoms with van der Waals surface area (Å²) in [6.07, 6.45) is -10.5. The lowest BCUT2D eigenvalue weighted by atomic mass is 9.44. The van der Waals surface area contributed by atoms with Crippen molar-refractivity contribution in [2.24, 2.45) is 21.9 Å². The predicted molar refractivity (Wildman–Crippen MR) is 300 cm³/mol. The van der Waals surface area contributed by atoms with Gasteiger partial charge in [0.2, 0.25) is 0 Å². The molecule has 3 aromatic carbocycles. The van der Waals surface area contributed by atoms with Gasteiger partial charge in [-0.25, -0.2) is 14.4 Å². The Morgan fingerprint density at radius 3 is 2.06 bits per heavy atom. The number of carbonyl (C=O) groups is 6. The maximum absolute atomic E-state index is 16.7. The third-order valence-corrected chi connectivity index (χ3v) is 27.4. The zero-order chi connectivity index (χ0) is 59.0. The van der Waals surface area contributed by atoms with Crippen LogP contribution >= 0.6 is 0 Å². The number of ether oxygens (including phenoxy) is 6. The number of nitrogens with zero attached hydrogens (tertiary/aromatic N) is 3. The highest BCUT2D eigenvalue weighted by Gasteiger charge is 2.79. The van der Waals surface area contributed by atoms with Gasteiger partial charge in [0, 0.05) is 41.3 Å².